The Morgan fingerprint density at radius 1 is 1.56 bits per heavy atom. The summed E-state index contributed by atoms with van der Waals surface area (Å²) in [5.41, 5.74) is 6.46. The van der Waals surface area contributed by atoms with Gasteiger partial charge in [0.05, 0.1) is 12.3 Å². The molecule has 4 nitrogen and oxygen atoms in total. The SMILES string of the molecule is CCOC(=O)c1sc(N)nc1-c1cccc(F)c1. The number of benzene rings is 1. The zero-order chi connectivity index (χ0) is 13.1. The van der Waals surface area contributed by atoms with Gasteiger partial charge in [0.2, 0.25) is 0 Å². The van der Waals surface area contributed by atoms with Crippen molar-refractivity contribution < 1.29 is 13.9 Å². The number of nitrogens with two attached hydrogens (primary N) is 1. The molecule has 1 heterocycles. The smallest absolute Gasteiger partial charge is 0.350 e. The Labute approximate surface area is 107 Å². The summed E-state index contributed by atoms with van der Waals surface area (Å²) in [7, 11) is 0. The fourth-order valence-corrected chi connectivity index (χ4v) is 2.25. The quantitative estimate of drug-likeness (QED) is 0.867. The summed E-state index contributed by atoms with van der Waals surface area (Å²) in [6, 6.07) is 5.84. The molecule has 0 unspecified atom stereocenters. The fraction of sp³-hybridized carbons (Fsp3) is 0.167. The van der Waals surface area contributed by atoms with E-state index in [0.29, 0.717) is 16.1 Å². The molecule has 1 aromatic heterocycles. The average Bonchev–Trinajstić information content (AvgIpc) is 2.72. The van der Waals surface area contributed by atoms with Crippen LogP contribution in [-0.4, -0.2) is 17.6 Å². The molecule has 0 aliphatic heterocycles. The van der Waals surface area contributed by atoms with Crippen LogP contribution in [0.1, 0.15) is 16.6 Å². The van der Waals surface area contributed by atoms with Crippen LogP contribution in [0.3, 0.4) is 0 Å². The van der Waals surface area contributed by atoms with Gasteiger partial charge in [0.15, 0.2) is 5.13 Å². The summed E-state index contributed by atoms with van der Waals surface area (Å²) in [5.74, 6) is -0.889. The van der Waals surface area contributed by atoms with Crippen molar-refractivity contribution in [3.8, 4) is 11.3 Å². The third kappa shape index (κ3) is 2.48. The molecule has 94 valence electrons. The molecule has 0 aliphatic carbocycles. The van der Waals surface area contributed by atoms with Gasteiger partial charge in [-0.05, 0) is 19.1 Å². The van der Waals surface area contributed by atoms with Crippen LogP contribution >= 0.6 is 11.3 Å². The van der Waals surface area contributed by atoms with Gasteiger partial charge in [0.25, 0.3) is 0 Å². The van der Waals surface area contributed by atoms with Crippen LogP contribution < -0.4 is 5.73 Å². The Bertz CT molecular complexity index is 583. The monoisotopic (exact) mass is 266 g/mol. The van der Waals surface area contributed by atoms with E-state index in [-0.39, 0.29) is 11.7 Å². The summed E-state index contributed by atoms with van der Waals surface area (Å²) in [5, 5.41) is 0.248. The molecule has 2 rings (SSSR count). The highest BCUT2D eigenvalue weighted by Crippen LogP contribution is 2.30. The summed E-state index contributed by atoms with van der Waals surface area (Å²) >= 11 is 1.03. The number of thiazole rings is 1. The van der Waals surface area contributed by atoms with E-state index in [1.54, 1.807) is 19.1 Å². The summed E-state index contributed by atoms with van der Waals surface area (Å²) in [6.45, 7) is 1.98. The molecule has 2 N–H and O–H groups in total. The minimum Gasteiger partial charge on any atom is -0.462 e. The maximum atomic E-state index is 13.2. The van der Waals surface area contributed by atoms with Crippen molar-refractivity contribution in [1.82, 2.24) is 4.98 Å². The van der Waals surface area contributed by atoms with Gasteiger partial charge in [-0.3, -0.25) is 0 Å². The van der Waals surface area contributed by atoms with Gasteiger partial charge in [-0.2, -0.15) is 0 Å². The minimum atomic E-state index is -0.494. The third-order valence-electron chi connectivity index (χ3n) is 2.20. The lowest BCUT2D eigenvalue weighted by Crippen LogP contribution is -2.04. The summed E-state index contributed by atoms with van der Waals surface area (Å²) in [4.78, 5) is 16.1. The Balaban J connectivity index is 2.47. The van der Waals surface area contributed by atoms with E-state index in [4.69, 9.17) is 10.5 Å². The number of aromatic nitrogens is 1. The Kier molecular flexibility index (Phi) is 3.57. The first kappa shape index (κ1) is 12.5. The third-order valence-corrected chi connectivity index (χ3v) is 3.07. The number of hydrogen-bond donors (Lipinski definition) is 1. The number of esters is 1. The molecule has 0 bridgehead atoms. The highest BCUT2D eigenvalue weighted by Gasteiger charge is 2.19. The normalized spacial score (nSPS) is 10.3. The van der Waals surface area contributed by atoms with E-state index >= 15 is 0 Å². The Hall–Kier alpha value is -1.95. The van der Waals surface area contributed by atoms with E-state index in [0.717, 1.165) is 11.3 Å². The maximum Gasteiger partial charge on any atom is 0.350 e. The minimum absolute atomic E-state index is 0.248. The van der Waals surface area contributed by atoms with Crippen molar-refractivity contribution in [1.29, 1.82) is 0 Å². The second-order valence-electron chi connectivity index (χ2n) is 3.46. The number of carbonyl (C=O) groups is 1. The standard InChI is InChI=1S/C12H11FN2O2S/c1-2-17-11(16)10-9(15-12(14)18-10)7-4-3-5-8(13)6-7/h3-6H,2H2,1H3,(H2,14,15). The number of nitrogen functional groups attached to an aromatic ring is 1. The summed E-state index contributed by atoms with van der Waals surface area (Å²) < 4.78 is 18.1. The molecule has 0 saturated heterocycles. The van der Waals surface area contributed by atoms with Crippen LogP contribution in [0.2, 0.25) is 0 Å². The lowest BCUT2D eigenvalue weighted by molar-refractivity contribution is 0.0532. The first-order valence-electron chi connectivity index (χ1n) is 5.31. The average molecular weight is 266 g/mol. The van der Waals surface area contributed by atoms with Crippen LogP contribution in [0, 0.1) is 5.82 Å². The fourth-order valence-electron chi connectivity index (χ4n) is 1.50. The van der Waals surface area contributed by atoms with Crippen molar-refractivity contribution >= 4 is 22.4 Å². The number of rotatable bonds is 3. The number of halogens is 1. The van der Waals surface area contributed by atoms with Crippen LogP contribution in [0.15, 0.2) is 24.3 Å². The molecule has 2 aromatic rings. The molecule has 1 aromatic carbocycles. The largest absolute Gasteiger partial charge is 0.462 e. The molecule has 0 fully saturated rings. The van der Waals surface area contributed by atoms with Crippen molar-refractivity contribution in [2.24, 2.45) is 0 Å². The number of anilines is 1. The van der Waals surface area contributed by atoms with Gasteiger partial charge in [-0.15, -0.1) is 0 Å². The van der Waals surface area contributed by atoms with E-state index < -0.39 is 11.8 Å². The van der Waals surface area contributed by atoms with Crippen LogP contribution in [0.5, 0.6) is 0 Å². The van der Waals surface area contributed by atoms with Crippen molar-refractivity contribution in [3.05, 3.63) is 35.0 Å². The van der Waals surface area contributed by atoms with E-state index in [2.05, 4.69) is 4.98 Å². The van der Waals surface area contributed by atoms with Gasteiger partial charge in [0, 0.05) is 5.56 Å². The highest BCUT2D eigenvalue weighted by molar-refractivity contribution is 7.17. The number of carbonyl (C=O) groups excluding carboxylic acids is 1. The first-order valence-corrected chi connectivity index (χ1v) is 6.13. The van der Waals surface area contributed by atoms with Gasteiger partial charge >= 0.3 is 5.97 Å². The molecule has 0 saturated carbocycles. The Morgan fingerprint density at radius 3 is 3.00 bits per heavy atom. The zero-order valence-corrected chi connectivity index (χ0v) is 10.5. The second kappa shape index (κ2) is 5.14. The van der Waals surface area contributed by atoms with Gasteiger partial charge < -0.3 is 10.5 Å². The topological polar surface area (TPSA) is 65.2 Å². The van der Waals surface area contributed by atoms with Gasteiger partial charge in [-0.1, -0.05) is 23.5 Å². The zero-order valence-electron chi connectivity index (χ0n) is 9.64. The number of nitrogens with zero attached hydrogens (tertiary/aromatic N) is 1. The molecule has 0 atom stereocenters. The molecule has 18 heavy (non-hydrogen) atoms. The number of hydrogen-bond acceptors (Lipinski definition) is 5. The maximum absolute atomic E-state index is 13.2. The summed E-state index contributed by atoms with van der Waals surface area (Å²) in [6.07, 6.45) is 0. The molecular formula is C12H11FN2O2S. The molecule has 0 aliphatic rings. The van der Waals surface area contributed by atoms with Gasteiger partial charge in [-0.25, -0.2) is 14.2 Å². The predicted octanol–water partition coefficient (Wildman–Crippen LogP) is 2.71. The van der Waals surface area contributed by atoms with Crippen LogP contribution in [-0.2, 0) is 4.74 Å². The van der Waals surface area contributed by atoms with Crippen molar-refractivity contribution in [2.45, 2.75) is 6.92 Å². The van der Waals surface area contributed by atoms with Gasteiger partial charge in [0.1, 0.15) is 10.7 Å². The molecule has 0 radical (unpaired) electrons. The van der Waals surface area contributed by atoms with E-state index in [1.807, 2.05) is 0 Å². The Morgan fingerprint density at radius 2 is 2.33 bits per heavy atom. The van der Waals surface area contributed by atoms with Crippen molar-refractivity contribution in [2.75, 3.05) is 12.3 Å². The molecular weight excluding hydrogens is 255 g/mol. The number of ether oxygens (including phenoxy) is 1. The van der Waals surface area contributed by atoms with E-state index in [1.165, 1.54) is 12.1 Å². The highest BCUT2D eigenvalue weighted by atomic mass is 32.1. The molecule has 0 spiro atoms. The lowest BCUT2D eigenvalue weighted by atomic mass is 10.1. The van der Waals surface area contributed by atoms with Crippen LogP contribution in [0.25, 0.3) is 11.3 Å². The van der Waals surface area contributed by atoms with Crippen molar-refractivity contribution in [3.63, 3.8) is 0 Å². The van der Waals surface area contributed by atoms with Crippen LogP contribution in [0.4, 0.5) is 9.52 Å². The van der Waals surface area contributed by atoms with E-state index in [9.17, 15) is 9.18 Å². The molecule has 0 amide bonds. The second-order valence-corrected chi connectivity index (χ2v) is 4.49. The first-order chi connectivity index (χ1) is 8.61. The lowest BCUT2D eigenvalue weighted by Gasteiger charge is -2.02. The predicted molar refractivity (Wildman–Crippen MR) is 67.9 cm³/mol. The molecule has 6 heteroatoms.